The quantitative estimate of drug-likeness (QED) is 0.579. The van der Waals surface area contributed by atoms with Gasteiger partial charge in [-0.15, -0.1) is 0 Å². The molecule has 0 radical (unpaired) electrons. The molecule has 0 bridgehead atoms. The molecule has 0 unspecified atom stereocenters. The molecule has 0 aliphatic carbocycles. The Kier molecular flexibility index (Phi) is 9.94. The second-order valence-corrected chi connectivity index (χ2v) is 6.67. The topological polar surface area (TPSA) is 30.5 Å². The summed E-state index contributed by atoms with van der Waals surface area (Å²) in [4.78, 5) is 0. The van der Waals surface area contributed by atoms with Gasteiger partial charge in [-0.3, -0.25) is 0 Å². The summed E-state index contributed by atoms with van der Waals surface area (Å²) in [6.45, 7) is 9.84. The van der Waals surface area contributed by atoms with Gasteiger partial charge in [0.15, 0.2) is 0 Å². The van der Waals surface area contributed by atoms with Crippen molar-refractivity contribution in [1.29, 1.82) is 0 Å². The Labute approximate surface area is 101 Å². The molecule has 1 rings (SSSR count). The van der Waals surface area contributed by atoms with Crippen LogP contribution < -0.4 is 5.32 Å². The highest BCUT2D eigenvalue weighted by atomic mass is 32.2. The highest BCUT2D eigenvalue weighted by Gasteiger charge is 2.15. The molecule has 92 valence electrons. The number of rotatable bonds is 4. The molecule has 0 aromatic rings. The zero-order valence-electron chi connectivity index (χ0n) is 10.5. The number of hydrogen-bond donors (Lipinski definition) is 1. The average molecular weight is 251 g/mol. The Balaban J connectivity index is 0.000000280. The molecule has 0 saturated carbocycles. The summed E-state index contributed by atoms with van der Waals surface area (Å²) < 4.78 is 10.6. The first-order valence-corrected chi connectivity index (χ1v) is 7.84. The monoisotopic (exact) mass is 251 g/mol. The van der Waals surface area contributed by atoms with E-state index in [1.807, 2.05) is 32.5 Å². The van der Waals surface area contributed by atoms with Crippen LogP contribution in [0.3, 0.4) is 0 Å². The lowest BCUT2D eigenvalue weighted by Gasteiger charge is -2.24. The van der Waals surface area contributed by atoms with E-state index in [2.05, 4.69) is 5.32 Å². The fourth-order valence-corrected chi connectivity index (χ4v) is 2.61. The van der Waals surface area contributed by atoms with E-state index in [1.165, 1.54) is 24.6 Å². The molecule has 0 atom stereocenters. The van der Waals surface area contributed by atoms with E-state index in [0.717, 1.165) is 23.5 Å². The van der Waals surface area contributed by atoms with Gasteiger partial charge in [0.25, 0.3) is 0 Å². The van der Waals surface area contributed by atoms with Crippen LogP contribution in [0.15, 0.2) is 0 Å². The first-order valence-electron chi connectivity index (χ1n) is 5.68. The van der Waals surface area contributed by atoms with Crippen LogP contribution in [0, 0.1) is 0 Å². The minimum absolute atomic E-state index is 0.260. The van der Waals surface area contributed by atoms with Crippen molar-refractivity contribution in [2.45, 2.75) is 26.2 Å². The zero-order chi connectivity index (χ0) is 11.6. The molecule has 0 spiro atoms. The second-order valence-electron chi connectivity index (χ2n) is 3.63. The molecule has 1 N–H and O–H groups in total. The highest BCUT2D eigenvalue weighted by Crippen LogP contribution is 2.05. The highest BCUT2D eigenvalue weighted by molar-refractivity contribution is 7.99. The van der Waals surface area contributed by atoms with Crippen LogP contribution in [-0.4, -0.2) is 53.5 Å². The average Bonchev–Trinajstić information content (AvgIpc) is 2.21. The van der Waals surface area contributed by atoms with Crippen LogP contribution in [0.4, 0.5) is 0 Å². The lowest BCUT2D eigenvalue weighted by molar-refractivity contribution is -0.160. The molecule has 1 aliphatic rings. The van der Waals surface area contributed by atoms with Crippen molar-refractivity contribution in [3.05, 3.63) is 0 Å². The van der Waals surface area contributed by atoms with Gasteiger partial charge in [-0.25, -0.2) is 0 Å². The van der Waals surface area contributed by atoms with Crippen molar-refractivity contribution < 1.29 is 9.47 Å². The van der Waals surface area contributed by atoms with E-state index in [1.54, 1.807) is 0 Å². The van der Waals surface area contributed by atoms with E-state index in [4.69, 9.17) is 9.47 Å². The van der Waals surface area contributed by atoms with Crippen molar-refractivity contribution in [1.82, 2.24) is 5.32 Å². The maximum atomic E-state index is 5.31. The van der Waals surface area contributed by atoms with Gasteiger partial charge in [-0.05, 0) is 20.8 Å². The Hall–Kier alpha value is 0.447. The number of nitrogens with one attached hydrogen (secondary N) is 1. The molecule has 1 heterocycles. The molecule has 0 amide bonds. The summed E-state index contributed by atoms with van der Waals surface area (Å²) in [5, 5.41) is 3.26. The Morgan fingerprint density at radius 1 is 1.20 bits per heavy atom. The van der Waals surface area contributed by atoms with Crippen molar-refractivity contribution in [3.63, 3.8) is 0 Å². The van der Waals surface area contributed by atoms with Gasteiger partial charge in [0.05, 0.1) is 10.2 Å². The van der Waals surface area contributed by atoms with E-state index in [9.17, 15) is 0 Å². The normalized spacial score (nSPS) is 17.0. The molecular formula is C10H25NO2SSi. The summed E-state index contributed by atoms with van der Waals surface area (Å²) in [5.41, 5.74) is -0.260. The SMILES string of the molecule is C1CSCCN1.CCOC(C)([SiH3])OCC. The number of hydrogen-bond acceptors (Lipinski definition) is 4. The van der Waals surface area contributed by atoms with Crippen LogP contribution in [0.2, 0.25) is 0 Å². The van der Waals surface area contributed by atoms with Crippen molar-refractivity contribution in [2.24, 2.45) is 0 Å². The Morgan fingerprint density at radius 3 is 1.87 bits per heavy atom. The molecule has 1 saturated heterocycles. The third-order valence-corrected chi connectivity index (χ3v) is 3.39. The lowest BCUT2D eigenvalue weighted by atomic mass is 10.6. The largest absolute Gasteiger partial charge is 0.355 e. The predicted octanol–water partition coefficient (Wildman–Crippen LogP) is 0.421. The van der Waals surface area contributed by atoms with Gasteiger partial charge in [-0.1, -0.05) is 0 Å². The zero-order valence-corrected chi connectivity index (χ0v) is 13.3. The molecular weight excluding hydrogens is 226 g/mol. The maximum absolute atomic E-state index is 5.31. The second kappa shape index (κ2) is 9.66. The minimum Gasteiger partial charge on any atom is -0.355 e. The molecule has 0 aromatic heterocycles. The van der Waals surface area contributed by atoms with Crippen LogP contribution in [0.25, 0.3) is 0 Å². The van der Waals surface area contributed by atoms with Crippen molar-refractivity contribution in [2.75, 3.05) is 37.8 Å². The Bertz CT molecular complexity index is 124. The van der Waals surface area contributed by atoms with Crippen LogP contribution in [-0.2, 0) is 9.47 Å². The number of thioether (sulfide) groups is 1. The minimum atomic E-state index is -0.260. The third-order valence-electron chi connectivity index (χ3n) is 1.83. The van der Waals surface area contributed by atoms with E-state index < -0.39 is 0 Å². The van der Waals surface area contributed by atoms with Gasteiger partial charge < -0.3 is 14.8 Å². The predicted molar refractivity (Wildman–Crippen MR) is 71.8 cm³/mol. The van der Waals surface area contributed by atoms with Crippen LogP contribution in [0.5, 0.6) is 0 Å². The first kappa shape index (κ1) is 15.4. The fourth-order valence-electron chi connectivity index (χ4n) is 1.25. The molecule has 5 heteroatoms. The molecule has 1 fully saturated rings. The summed E-state index contributed by atoms with van der Waals surface area (Å²) in [6, 6.07) is 0. The van der Waals surface area contributed by atoms with E-state index in [-0.39, 0.29) is 5.41 Å². The molecule has 0 aromatic carbocycles. The van der Waals surface area contributed by atoms with Gasteiger partial charge in [0, 0.05) is 37.8 Å². The standard InChI is InChI=1S/C6H16O2Si.C4H9NS/c1-4-7-6(3,9)8-5-2;1-3-6-4-2-5-1/h4-5H2,1-3,9H3;5H,1-4H2. The molecule has 3 nitrogen and oxygen atoms in total. The van der Waals surface area contributed by atoms with E-state index in [0.29, 0.717) is 0 Å². The van der Waals surface area contributed by atoms with E-state index >= 15 is 0 Å². The smallest absolute Gasteiger partial charge is 0.138 e. The van der Waals surface area contributed by atoms with Gasteiger partial charge >= 0.3 is 0 Å². The van der Waals surface area contributed by atoms with Crippen LogP contribution in [0.1, 0.15) is 20.8 Å². The van der Waals surface area contributed by atoms with Crippen molar-refractivity contribution in [3.8, 4) is 0 Å². The molecule has 1 aliphatic heterocycles. The number of ether oxygens (including phenoxy) is 2. The van der Waals surface area contributed by atoms with Gasteiger partial charge in [0.2, 0.25) is 0 Å². The summed E-state index contributed by atoms with van der Waals surface area (Å²) in [7, 11) is 0.923. The summed E-state index contributed by atoms with van der Waals surface area (Å²) in [5.74, 6) is 2.61. The van der Waals surface area contributed by atoms with Crippen molar-refractivity contribution >= 4 is 22.0 Å². The van der Waals surface area contributed by atoms with Gasteiger partial charge in [-0.2, -0.15) is 11.8 Å². The molecule has 15 heavy (non-hydrogen) atoms. The summed E-state index contributed by atoms with van der Waals surface area (Å²) in [6.07, 6.45) is 0. The van der Waals surface area contributed by atoms with Gasteiger partial charge in [0.1, 0.15) is 5.41 Å². The first-order chi connectivity index (χ1) is 7.12. The third kappa shape index (κ3) is 10.7. The maximum Gasteiger partial charge on any atom is 0.138 e. The Morgan fingerprint density at radius 2 is 1.67 bits per heavy atom. The summed E-state index contributed by atoms with van der Waals surface area (Å²) >= 11 is 2.03. The van der Waals surface area contributed by atoms with Crippen LogP contribution >= 0.6 is 11.8 Å². The fraction of sp³-hybridized carbons (Fsp3) is 1.00. The lowest BCUT2D eigenvalue weighted by Crippen LogP contribution is -2.32.